The van der Waals surface area contributed by atoms with Crippen molar-refractivity contribution in [1.82, 2.24) is 0 Å². The van der Waals surface area contributed by atoms with Crippen LogP contribution in [0.3, 0.4) is 0 Å². The van der Waals surface area contributed by atoms with Crippen molar-refractivity contribution >= 4 is 0 Å². The summed E-state index contributed by atoms with van der Waals surface area (Å²) in [4.78, 5) is 0. The topological polar surface area (TPSA) is 26.9 Å². The molecule has 0 N–H and O–H groups in total. The molecule has 0 aromatic carbocycles. The Morgan fingerprint density at radius 1 is 1.07 bits per heavy atom. The Kier molecular flexibility index (Phi) is 4.13. The Hall–Kier alpha value is -1.05. The summed E-state index contributed by atoms with van der Waals surface area (Å²) in [6, 6.07) is 2.18. The minimum atomic E-state index is 0.467. The molecule has 2 nitrogen and oxygen atoms in total. The van der Waals surface area contributed by atoms with Crippen molar-refractivity contribution in [3.05, 3.63) is 34.8 Å². The van der Waals surface area contributed by atoms with Gasteiger partial charge in [-0.25, -0.2) is 0 Å². The lowest BCUT2D eigenvalue weighted by Gasteiger charge is -2.13. The molecular weight excluding hydrogens is 186 g/mol. The van der Waals surface area contributed by atoms with Gasteiger partial charge in [-0.05, 0) is 30.7 Å². The summed E-state index contributed by atoms with van der Waals surface area (Å²) in [5.74, 6) is 0.934. The Balaban J connectivity index is 3.04. The summed E-state index contributed by atoms with van der Waals surface area (Å²) < 4.78 is 0.947. The van der Waals surface area contributed by atoms with Crippen molar-refractivity contribution in [1.29, 1.82) is 0 Å². The van der Waals surface area contributed by atoms with Gasteiger partial charge < -0.3 is 5.21 Å². The maximum atomic E-state index is 11.5. The van der Waals surface area contributed by atoms with E-state index in [1.807, 2.05) is 0 Å². The molecule has 0 radical (unpaired) electrons. The first-order valence-electron chi connectivity index (χ1n) is 5.82. The van der Waals surface area contributed by atoms with Gasteiger partial charge >= 0.3 is 0 Å². The van der Waals surface area contributed by atoms with Gasteiger partial charge in [-0.3, -0.25) is 0 Å². The fraction of sp³-hybridized carbons (Fsp3) is 0.615. The van der Waals surface area contributed by atoms with Crippen LogP contribution in [0.4, 0.5) is 0 Å². The molecule has 0 amide bonds. The minimum absolute atomic E-state index is 0.467. The molecule has 0 aliphatic carbocycles. The summed E-state index contributed by atoms with van der Waals surface area (Å²) in [5.41, 5.74) is 2.32. The van der Waals surface area contributed by atoms with E-state index in [0.717, 1.165) is 28.7 Å². The van der Waals surface area contributed by atoms with Crippen LogP contribution in [0.25, 0.3) is 0 Å². The Bertz CT molecular complexity index is 294. The maximum absolute atomic E-state index is 11.5. The average molecular weight is 207 g/mol. The van der Waals surface area contributed by atoms with Crippen molar-refractivity contribution < 1.29 is 4.73 Å². The van der Waals surface area contributed by atoms with E-state index < -0.39 is 0 Å². The molecule has 2 unspecified atom stereocenters. The quantitative estimate of drug-likeness (QED) is 0.549. The monoisotopic (exact) mass is 207 g/mol. The number of hydrogen-bond acceptors (Lipinski definition) is 1. The molecule has 1 heterocycles. The molecule has 1 aromatic heterocycles. The lowest BCUT2D eigenvalue weighted by molar-refractivity contribution is -0.606. The third kappa shape index (κ3) is 2.95. The molecular formula is C13H21NO. The first kappa shape index (κ1) is 12.0. The van der Waals surface area contributed by atoms with Crippen LogP contribution in [0.15, 0.2) is 18.5 Å². The summed E-state index contributed by atoms with van der Waals surface area (Å²) in [6.07, 6.45) is 5.54. The van der Waals surface area contributed by atoms with Gasteiger partial charge in [0.25, 0.3) is 0 Å². The zero-order chi connectivity index (χ0) is 11.4. The van der Waals surface area contributed by atoms with Crippen molar-refractivity contribution in [2.75, 3.05) is 0 Å². The molecule has 15 heavy (non-hydrogen) atoms. The molecule has 0 spiro atoms. The van der Waals surface area contributed by atoms with Crippen molar-refractivity contribution in [3.8, 4) is 0 Å². The maximum Gasteiger partial charge on any atom is 0.183 e. The summed E-state index contributed by atoms with van der Waals surface area (Å²) >= 11 is 0. The molecule has 1 rings (SSSR count). The summed E-state index contributed by atoms with van der Waals surface area (Å²) in [7, 11) is 0. The predicted octanol–water partition coefficient (Wildman–Crippen LogP) is 3.35. The van der Waals surface area contributed by atoms with Crippen LogP contribution in [0.5, 0.6) is 0 Å². The van der Waals surface area contributed by atoms with E-state index in [4.69, 9.17) is 0 Å². The van der Waals surface area contributed by atoms with Crippen LogP contribution in [0.1, 0.15) is 63.5 Å². The molecule has 0 saturated heterocycles. The van der Waals surface area contributed by atoms with Crippen LogP contribution in [-0.4, -0.2) is 0 Å². The molecule has 0 aliphatic rings. The second kappa shape index (κ2) is 5.15. The van der Waals surface area contributed by atoms with E-state index in [2.05, 4.69) is 33.8 Å². The third-order valence-corrected chi connectivity index (χ3v) is 3.25. The highest BCUT2D eigenvalue weighted by Gasteiger charge is 2.12. The average Bonchev–Trinajstić information content (AvgIpc) is 2.26. The number of nitrogens with zero attached hydrogens (tertiary/aromatic N) is 1. The van der Waals surface area contributed by atoms with Crippen LogP contribution in [0, 0.1) is 5.21 Å². The van der Waals surface area contributed by atoms with E-state index in [0.29, 0.717) is 11.8 Å². The smallest absolute Gasteiger partial charge is 0.183 e. The predicted molar refractivity (Wildman–Crippen MR) is 62.8 cm³/mol. The summed E-state index contributed by atoms with van der Waals surface area (Å²) in [6.45, 7) is 8.62. The largest absolute Gasteiger partial charge is 0.619 e. The number of pyridine rings is 1. The second-order valence-electron chi connectivity index (χ2n) is 4.38. The van der Waals surface area contributed by atoms with E-state index in [1.54, 1.807) is 12.4 Å². The Morgan fingerprint density at radius 3 is 1.80 bits per heavy atom. The van der Waals surface area contributed by atoms with E-state index in [9.17, 15) is 5.21 Å². The SMILES string of the molecule is CCC(C)c1cc(C(C)CC)c[n+]([O-])c1. The van der Waals surface area contributed by atoms with Crippen LogP contribution in [-0.2, 0) is 0 Å². The molecule has 1 aromatic rings. The van der Waals surface area contributed by atoms with Crippen molar-refractivity contribution in [2.45, 2.75) is 52.4 Å². The van der Waals surface area contributed by atoms with E-state index >= 15 is 0 Å². The van der Waals surface area contributed by atoms with Crippen LogP contribution >= 0.6 is 0 Å². The minimum Gasteiger partial charge on any atom is -0.619 e. The molecule has 0 bridgehead atoms. The first-order chi connectivity index (χ1) is 7.08. The lowest BCUT2D eigenvalue weighted by Crippen LogP contribution is -2.27. The van der Waals surface area contributed by atoms with Gasteiger partial charge in [0.05, 0.1) is 0 Å². The fourth-order valence-electron chi connectivity index (χ4n) is 1.61. The van der Waals surface area contributed by atoms with Gasteiger partial charge in [-0.15, -0.1) is 0 Å². The summed E-state index contributed by atoms with van der Waals surface area (Å²) in [5, 5.41) is 11.5. The van der Waals surface area contributed by atoms with Gasteiger partial charge in [-0.2, -0.15) is 4.73 Å². The second-order valence-corrected chi connectivity index (χ2v) is 4.38. The van der Waals surface area contributed by atoms with Crippen molar-refractivity contribution in [3.63, 3.8) is 0 Å². The zero-order valence-corrected chi connectivity index (χ0v) is 10.2. The van der Waals surface area contributed by atoms with Gasteiger partial charge in [0.1, 0.15) is 0 Å². The van der Waals surface area contributed by atoms with Crippen molar-refractivity contribution in [2.24, 2.45) is 0 Å². The zero-order valence-electron chi connectivity index (χ0n) is 10.2. The highest BCUT2D eigenvalue weighted by molar-refractivity contribution is 5.21. The third-order valence-electron chi connectivity index (χ3n) is 3.25. The lowest BCUT2D eigenvalue weighted by atomic mass is 9.94. The molecule has 0 fully saturated rings. The Morgan fingerprint density at radius 2 is 1.47 bits per heavy atom. The number of aromatic nitrogens is 1. The van der Waals surface area contributed by atoms with E-state index in [1.165, 1.54) is 0 Å². The first-order valence-corrected chi connectivity index (χ1v) is 5.82. The van der Waals surface area contributed by atoms with Crippen LogP contribution in [0.2, 0.25) is 0 Å². The fourth-order valence-corrected chi connectivity index (χ4v) is 1.61. The normalized spacial score (nSPS) is 14.9. The molecule has 2 heteroatoms. The van der Waals surface area contributed by atoms with Gasteiger partial charge in [0, 0.05) is 11.1 Å². The molecule has 84 valence electrons. The van der Waals surface area contributed by atoms with Crippen LogP contribution < -0.4 is 4.73 Å². The highest BCUT2D eigenvalue weighted by Crippen LogP contribution is 2.23. The molecule has 0 saturated carbocycles. The standard InChI is InChI=1S/C13H21NO/c1-5-10(3)12-7-13(11(4)6-2)9-14(15)8-12/h7-11H,5-6H2,1-4H3. The van der Waals surface area contributed by atoms with E-state index in [-0.39, 0.29) is 0 Å². The number of hydrogen-bond donors (Lipinski definition) is 0. The molecule has 2 atom stereocenters. The van der Waals surface area contributed by atoms with Gasteiger partial charge in [0.2, 0.25) is 0 Å². The van der Waals surface area contributed by atoms with Gasteiger partial charge in [-0.1, -0.05) is 27.7 Å². The molecule has 0 aliphatic heterocycles. The Labute approximate surface area is 92.5 Å². The number of rotatable bonds is 4. The van der Waals surface area contributed by atoms with Gasteiger partial charge in [0.15, 0.2) is 12.4 Å². The highest BCUT2D eigenvalue weighted by atomic mass is 16.5.